The molecule has 40 heavy (non-hydrogen) atoms. The van der Waals surface area contributed by atoms with Crippen LogP contribution >= 0.6 is 0 Å². The number of fused-ring (bicyclic) bond motifs is 2. The standard InChI is InChI=1S/C31H23F5N4/c1-39-24(15-19-6-2-3-11-28(19)39)17-37-23-8-4-7-20(14-23)30-25-9-5-10-26(31(34,35)36)29(25)38-40(30)18-21-12-13-22(32)16-27(21)33/h2-16,37H,17-18H2,1H3. The Morgan fingerprint density at radius 2 is 1.65 bits per heavy atom. The number of aromatic nitrogens is 3. The van der Waals surface area contributed by atoms with Crippen LogP contribution in [0.1, 0.15) is 16.8 Å². The van der Waals surface area contributed by atoms with E-state index in [-0.39, 0.29) is 23.0 Å². The van der Waals surface area contributed by atoms with Gasteiger partial charge in [0, 0.05) is 46.5 Å². The summed E-state index contributed by atoms with van der Waals surface area (Å²) in [4.78, 5) is 0. The third-order valence-corrected chi connectivity index (χ3v) is 7.07. The molecule has 0 atom stereocenters. The van der Waals surface area contributed by atoms with Crippen LogP contribution < -0.4 is 5.32 Å². The number of halogens is 5. The van der Waals surface area contributed by atoms with Gasteiger partial charge in [-0.1, -0.05) is 48.5 Å². The number of para-hydroxylation sites is 1. The summed E-state index contributed by atoms with van der Waals surface area (Å²) in [6.45, 7) is 0.342. The van der Waals surface area contributed by atoms with Crippen molar-refractivity contribution in [2.75, 3.05) is 5.32 Å². The number of nitrogens with zero attached hydrogens (tertiary/aromatic N) is 3. The molecule has 4 nitrogen and oxygen atoms in total. The minimum absolute atomic E-state index is 0.106. The molecule has 2 aromatic heterocycles. The predicted octanol–water partition coefficient (Wildman–Crippen LogP) is 8.15. The molecule has 0 bridgehead atoms. The molecule has 0 amide bonds. The number of anilines is 1. The lowest BCUT2D eigenvalue weighted by atomic mass is 10.0. The third kappa shape index (κ3) is 4.68. The summed E-state index contributed by atoms with van der Waals surface area (Å²) in [6, 6.07) is 24.4. The number of aryl methyl sites for hydroxylation is 1. The molecule has 202 valence electrons. The zero-order valence-corrected chi connectivity index (χ0v) is 21.3. The first kappa shape index (κ1) is 25.6. The number of alkyl halides is 3. The molecule has 0 saturated carbocycles. The fourth-order valence-electron chi connectivity index (χ4n) is 5.10. The van der Waals surface area contributed by atoms with Crippen LogP contribution in [-0.4, -0.2) is 14.3 Å². The molecule has 0 aliphatic carbocycles. The van der Waals surface area contributed by atoms with Crippen LogP contribution in [-0.2, 0) is 26.3 Å². The minimum Gasteiger partial charge on any atom is -0.379 e. The van der Waals surface area contributed by atoms with E-state index >= 15 is 0 Å². The maximum atomic E-state index is 14.6. The van der Waals surface area contributed by atoms with Crippen molar-refractivity contribution in [2.45, 2.75) is 19.3 Å². The summed E-state index contributed by atoms with van der Waals surface area (Å²) in [6.07, 6.45) is -4.63. The average Bonchev–Trinajstić information content (AvgIpc) is 3.45. The smallest absolute Gasteiger partial charge is 0.379 e. The van der Waals surface area contributed by atoms with Crippen molar-refractivity contribution in [3.8, 4) is 11.3 Å². The highest BCUT2D eigenvalue weighted by molar-refractivity contribution is 5.96. The van der Waals surface area contributed by atoms with E-state index in [1.807, 2.05) is 43.4 Å². The molecule has 0 saturated heterocycles. The van der Waals surface area contributed by atoms with Crippen molar-refractivity contribution < 1.29 is 22.0 Å². The SMILES string of the molecule is Cn1c(CNc2cccc(-c3c4cccc(C(F)(F)F)c4nn3Cc3ccc(F)cc3F)c2)cc2ccccc21. The monoisotopic (exact) mass is 546 g/mol. The van der Waals surface area contributed by atoms with Crippen LogP contribution in [0.4, 0.5) is 27.6 Å². The van der Waals surface area contributed by atoms with Crippen LogP contribution in [0.5, 0.6) is 0 Å². The van der Waals surface area contributed by atoms with Crippen molar-refractivity contribution in [1.82, 2.24) is 14.3 Å². The molecule has 0 aliphatic rings. The Morgan fingerprint density at radius 1 is 0.850 bits per heavy atom. The Balaban J connectivity index is 1.41. The lowest BCUT2D eigenvalue weighted by Gasteiger charge is -2.12. The molecule has 1 N–H and O–H groups in total. The average molecular weight is 547 g/mol. The van der Waals surface area contributed by atoms with Gasteiger partial charge in [0.15, 0.2) is 0 Å². The molecule has 0 spiro atoms. The Bertz CT molecular complexity index is 1870. The van der Waals surface area contributed by atoms with Crippen molar-refractivity contribution >= 4 is 27.5 Å². The fourth-order valence-corrected chi connectivity index (χ4v) is 5.10. The van der Waals surface area contributed by atoms with Crippen LogP contribution in [0.2, 0.25) is 0 Å². The highest BCUT2D eigenvalue weighted by Crippen LogP contribution is 2.38. The molecule has 0 aliphatic heterocycles. The van der Waals surface area contributed by atoms with Crippen molar-refractivity contribution in [2.24, 2.45) is 7.05 Å². The van der Waals surface area contributed by atoms with Crippen molar-refractivity contribution in [3.63, 3.8) is 0 Å². The predicted molar refractivity (Wildman–Crippen MR) is 146 cm³/mol. The zero-order chi connectivity index (χ0) is 28.0. The highest BCUT2D eigenvalue weighted by atomic mass is 19.4. The van der Waals surface area contributed by atoms with E-state index in [4.69, 9.17) is 0 Å². The maximum Gasteiger partial charge on any atom is 0.418 e. The second-order valence-corrected chi connectivity index (χ2v) is 9.63. The van der Waals surface area contributed by atoms with Crippen molar-refractivity contribution in [3.05, 3.63) is 119 Å². The number of hydrogen-bond donors (Lipinski definition) is 1. The molecule has 0 radical (unpaired) electrons. The molecule has 0 fully saturated rings. The van der Waals surface area contributed by atoms with Gasteiger partial charge in [-0.3, -0.25) is 4.68 Å². The van der Waals surface area contributed by atoms with Gasteiger partial charge < -0.3 is 9.88 Å². The topological polar surface area (TPSA) is 34.8 Å². The molecule has 0 unspecified atom stereocenters. The Kier molecular flexibility index (Phi) is 6.29. The number of rotatable bonds is 6. The Morgan fingerprint density at radius 3 is 2.42 bits per heavy atom. The number of hydrogen-bond acceptors (Lipinski definition) is 2. The van der Waals surface area contributed by atoms with Crippen molar-refractivity contribution in [1.29, 1.82) is 0 Å². The summed E-state index contributed by atoms with van der Waals surface area (Å²) in [7, 11) is 1.99. The quantitative estimate of drug-likeness (QED) is 0.214. The van der Waals surface area contributed by atoms with E-state index in [1.54, 1.807) is 18.2 Å². The van der Waals surface area contributed by atoms with Crippen LogP contribution in [0.3, 0.4) is 0 Å². The number of benzene rings is 4. The summed E-state index contributed by atoms with van der Waals surface area (Å²) < 4.78 is 73.1. The molecule has 4 aromatic carbocycles. The van der Waals surface area contributed by atoms with E-state index in [0.717, 1.165) is 40.5 Å². The summed E-state index contributed by atoms with van der Waals surface area (Å²) >= 11 is 0. The van der Waals surface area contributed by atoms with Gasteiger partial charge in [-0.25, -0.2) is 8.78 Å². The van der Waals surface area contributed by atoms with Crippen LogP contribution in [0.15, 0.2) is 91.0 Å². The fraction of sp³-hybridized carbons (Fsp3) is 0.129. The van der Waals surface area contributed by atoms with Gasteiger partial charge in [-0.2, -0.15) is 18.3 Å². The maximum absolute atomic E-state index is 14.6. The molecular formula is C31H23F5N4. The van der Waals surface area contributed by atoms with Gasteiger partial charge in [-0.05, 0) is 41.8 Å². The van der Waals surface area contributed by atoms with Crippen LogP contribution in [0.25, 0.3) is 33.1 Å². The van der Waals surface area contributed by atoms with E-state index < -0.39 is 23.4 Å². The van der Waals surface area contributed by atoms with Gasteiger partial charge in [0.2, 0.25) is 0 Å². The first-order valence-corrected chi connectivity index (χ1v) is 12.6. The lowest BCUT2D eigenvalue weighted by molar-refractivity contribution is -0.136. The normalized spacial score (nSPS) is 11.9. The van der Waals surface area contributed by atoms with E-state index in [2.05, 4.69) is 21.0 Å². The minimum atomic E-state index is -4.63. The summed E-state index contributed by atoms with van der Waals surface area (Å²) in [5, 5.41) is 9.09. The van der Waals surface area contributed by atoms with Gasteiger partial charge >= 0.3 is 6.18 Å². The van der Waals surface area contributed by atoms with Gasteiger partial charge in [0.25, 0.3) is 0 Å². The second-order valence-electron chi connectivity index (χ2n) is 9.63. The first-order chi connectivity index (χ1) is 19.2. The van der Waals surface area contributed by atoms with E-state index in [1.165, 1.54) is 16.8 Å². The van der Waals surface area contributed by atoms with Gasteiger partial charge in [0.05, 0.1) is 24.3 Å². The van der Waals surface area contributed by atoms with E-state index in [9.17, 15) is 22.0 Å². The summed E-state index contributed by atoms with van der Waals surface area (Å²) in [5.74, 6) is -1.54. The van der Waals surface area contributed by atoms with Gasteiger partial charge in [0.1, 0.15) is 17.2 Å². The van der Waals surface area contributed by atoms with Gasteiger partial charge in [-0.15, -0.1) is 0 Å². The summed E-state index contributed by atoms with van der Waals surface area (Å²) in [5.41, 5.74) is 2.92. The largest absolute Gasteiger partial charge is 0.418 e. The number of nitrogens with one attached hydrogen (secondary N) is 1. The lowest BCUT2D eigenvalue weighted by Crippen LogP contribution is -2.08. The molecular weight excluding hydrogens is 523 g/mol. The van der Waals surface area contributed by atoms with E-state index in [0.29, 0.717) is 17.8 Å². The second kappa shape index (κ2) is 9.82. The zero-order valence-electron chi connectivity index (χ0n) is 21.3. The molecule has 6 rings (SSSR count). The van der Waals surface area contributed by atoms with Crippen LogP contribution in [0, 0.1) is 11.6 Å². The third-order valence-electron chi connectivity index (χ3n) is 7.07. The molecule has 2 heterocycles. The highest BCUT2D eigenvalue weighted by Gasteiger charge is 2.34. The first-order valence-electron chi connectivity index (χ1n) is 12.6. The Hall–Kier alpha value is -4.66. The molecule has 6 aromatic rings. The molecule has 9 heteroatoms. The Labute approximate surface area is 226 Å².